The summed E-state index contributed by atoms with van der Waals surface area (Å²) in [5.41, 5.74) is 8.28. The van der Waals surface area contributed by atoms with Gasteiger partial charge in [0.1, 0.15) is 5.82 Å². The van der Waals surface area contributed by atoms with E-state index in [-0.39, 0.29) is 4.88 Å². The number of alkyl halides is 2. The van der Waals surface area contributed by atoms with Crippen LogP contribution in [0.4, 0.5) is 14.6 Å². The molecule has 0 bridgehead atoms. The van der Waals surface area contributed by atoms with E-state index in [1.54, 1.807) is 19.2 Å². The van der Waals surface area contributed by atoms with Gasteiger partial charge in [-0.1, -0.05) is 31.0 Å². The molecule has 3 nitrogen and oxygen atoms in total. The number of thiophene rings is 1. The van der Waals surface area contributed by atoms with Crippen molar-refractivity contribution in [1.82, 2.24) is 4.98 Å². The molecule has 2 N–H and O–H groups in total. The molecule has 0 radical (unpaired) electrons. The molecule has 0 aromatic carbocycles. The number of allylic oxidation sites excluding steroid dienone is 1. The van der Waals surface area contributed by atoms with Gasteiger partial charge in [-0.2, -0.15) is 0 Å². The Morgan fingerprint density at radius 3 is 2.77 bits per heavy atom. The molecule has 0 fully saturated rings. The number of aryl methyl sites for hydroxylation is 1. The summed E-state index contributed by atoms with van der Waals surface area (Å²) in [6.07, 6.45) is 5.08. The lowest BCUT2D eigenvalue weighted by molar-refractivity contribution is 0.155. The van der Waals surface area contributed by atoms with Crippen LogP contribution in [0.2, 0.25) is 5.02 Å². The summed E-state index contributed by atoms with van der Waals surface area (Å²) in [6, 6.07) is 3.28. The van der Waals surface area contributed by atoms with Crippen molar-refractivity contribution in [3.8, 4) is 0 Å². The van der Waals surface area contributed by atoms with Gasteiger partial charge >= 0.3 is 0 Å². The summed E-state index contributed by atoms with van der Waals surface area (Å²) in [5, 5.41) is 0.477. The monoisotopic (exact) mass is 400 g/mol. The van der Waals surface area contributed by atoms with Crippen LogP contribution in [0.3, 0.4) is 0 Å². The number of hydrogen-bond donors (Lipinski definition) is 1. The fourth-order valence-corrected chi connectivity index (χ4v) is 3.94. The topological polar surface area (TPSA) is 48.1 Å². The van der Waals surface area contributed by atoms with E-state index in [2.05, 4.69) is 11.9 Å². The van der Waals surface area contributed by atoms with E-state index in [4.69, 9.17) is 22.1 Å². The van der Waals surface area contributed by atoms with E-state index in [1.165, 1.54) is 19.0 Å². The molecule has 2 aromatic heterocycles. The molecule has 0 spiro atoms. The lowest BCUT2D eigenvalue weighted by Gasteiger charge is -2.15. The Kier molecular flexibility index (Phi) is 8.00. The highest BCUT2D eigenvalue weighted by Crippen LogP contribution is 2.42. The first-order chi connectivity index (χ1) is 12.5. The van der Waals surface area contributed by atoms with E-state index in [9.17, 15) is 8.78 Å². The minimum atomic E-state index is -2.44. The molecule has 0 saturated heterocycles. The molecule has 2 heterocycles. The summed E-state index contributed by atoms with van der Waals surface area (Å²) in [6.45, 7) is 3.07. The number of nitrogens with two attached hydrogens (primary N) is 1. The molecule has 3 rings (SSSR count). The number of anilines is 1. The summed E-state index contributed by atoms with van der Waals surface area (Å²) in [5.74, 6) is 0.364. The number of halogens is 3. The number of rotatable bonds is 5. The van der Waals surface area contributed by atoms with Crippen LogP contribution in [-0.2, 0) is 11.2 Å². The van der Waals surface area contributed by atoms with Crippen molar-refractivity contribution < 1.29 is 13.5 Å². The molecule has 1 aliphatic carbocycles. The number of nitrogen functional groups attached to an aromatic ring is 1. The molecule has 26 heavy (non-hydrogen) atoms. The maximum Gasteiger partial charge on any atom is 0.272 e. The number of unbranched alkanes of at least 4 members (excludes halogenated alkanes) is 1. The number of nitrogens with zero attached hydrogens (tertiary/aromatic N) is 1. The quantitative estimate of drug-likeness (QED) is 0.614. The molecular weight excluding hydrogens is 378 g/mol. The van der Waals surface area contributed by atoms with Gasteiger partial charge in [0.15, 0.2) is 0 Å². The lowest BCUT2D eigenvalue weighted by atomic mass is 9.94. The second-order valence-corrected chi connectivity index (χ2v) is 7.39. The summed E-state index contributed by atoms with van der Waals surface area (Å²) in [7, 11) is 1.73. The predicted molar refractivity (Wildman–Crippen MR) is 105 cm³/mol. The summed E-state index contributed by atoms with van der Waals surface area (Å²) >= 11 is 7.29. The van der Waals surface area contributed by atoms with Crippen molar-refractivity contribution in [2.24, 2.45) is 0 Å². The van der Waals surface area contributed by atoms with E-state index in [0.717, 1.165) is 52.4 Å². The minimum Gasteiger partial charge on any atom is -0.385 e. The molecule has 2 aromatic rings. The minimum absolute atomic E-state index is 0.0981. The van der Waals surface area contributed by atoms with Crippen LogP contribution >= 0.6 is 22.9 Å². The number of methoxy groups -OCH3 is 1. The van der Waals surface area contributed by atoms with Gasteiger partial charge < -0.3 is 10.5 Å². The maximum atomic E-state index is 12.9. The Morgan fingerprint density at radius 1 is 1.38 bits per heavy atom. The number of ether oxygens (including phenoxy) is 1. The first-order valence-electron chi connectivity index (χ1n) is 8.49. The Labute approximate surface area is 161 Å². The number of hydrogen-bond acceptors (Lipinski definition) is 4. The van der Waals surface area contributed by atoms with Crippen molar-refractivity contribution in [2.75, 3.05) is 19.5 Å². The molecule has 1 aliphatic rings. The molecule has 0 saturated carbocycles. The fraction of sp³-hybridized carbons (Fsp3) is 0.421. The van der Waals surface area contributed by atoms with Crippen molar-refractivity contribution in [2.45, 2.75) is 39.0 Å². The number of pyridine rings is 1. The standard InChI is InChI=1S/C14H11ClF2N2S.C5H12O/c15-10-6-19-12(18)5-9(10)8-3-1-2-7-4-11(14(16)17)20-13(7)8;1-3-4-5-6-2/h3-6,14H,1-2H2,(H2,18,19);3-5H2,1-2H3. The van der Waals surface area contributed by atoms with E-state index in [1.807, 2.05) is 6.08 Å². The first-order valence-corrected chi connectivity index (χ1v) is 9.69. The second-order valence-electron chi connectivity index (χ2n) is 5.90. The van der Waals surface area contributed by atoms with Crippen LogP contribution in [0.5, 0.6) is 0 Å². The van der Waals surface area contributed by atoms with Gasteiger partial charge in [-0.3, -0.25) is 0 Å². The zero-order valence-electron chi connectivity index (χ0n) is 14.9. The van der Waals surface area contributed by atoms with E-state index < -0.39 is 6.43 Å². The average molecular weight is 401 g/mol. The largest absolute Gasteiger partial charge is 0.385 e. The van der Waals surface area contributed by atoms with Gasteiger partial charge in [-0.05, 0) is 42.5 Å². The van der Waals surface area contributed by atoms with Gasteiger partial charge in [-0.15, -0.1) is 11.3 Å². The highest BCUT2D eigenvalue weighted by Gasteiger charge is 2.22. The zero-order chi connectivity index (χ0) is 19.1. The number of fused-ring (bicyclic) bond motifs is 1. The maximum absolute atomic E-state index is 12.9. The normalized spacial score (nSPS) is 13.1. The predicted octanol–water partition coefficient (Wildman–Crippen LogP) is 6.13. The van der Waals surface area contributed by atoms with Crippen LogP contribution in [0.25, 0.3) is 5.57 Å². The molecule has 142 valence electrons. The van der Waals surface area contributed by atoms with Crippen LogP contribution in [0.15, 0.2) is 24.4 Å². The Morgan fingerprint density at radius 2 is 2.15 bits per heavy atom. The first kappa shape index (κ1) is 20.8. The second kappa shape index (κ2) is 10.00. The van der Waals surface area contributed by atoms with E-state index >= 15 is 0 Å². The van der Waals surface area contributed by atoms with Crippen LogP contribution in [0.1, 0.15) is 53.5 Å². The molecule has 0 atom stereocenters. The smallest absolute Gasteiger partial charge is 0.272 e. The summed E-state index contributed by atoms with van der Waals surface area (Å²) in [4.78, 5) is 4.88. The molecule has 7 heteroatoms. The molecular formula is C19H23ClF2N2OS. The highest BCUT2D eigenvalue weighted by molar-refractivity contribution is 7.13. The third kappa shape index (κ3) is 5.25. The summed E-state index contributed by atoms with van der Waals surface area (Å²) < 4.78 is 30.5. The Bertz CT molecular complexity index is 758. The Balaban J connectivity index is 0.000000352. The fourth-order valence-electron chi connectivity index (χ4n) is 2.62. The van der Waals surface area contributed by atoms with Crippen molar-refractivity contribution in [1.29, 1.82) is 0 Å². The zero-order valence-corrected chi connectivity index (χ0v) is 16.5. The lowest BCUT2D eigenvalue weighted by Crippen LogP contribution is -1.99. The van der Waals surface area contributed by atoms with Gasteiger partial charge in [0.05, 0.1) is 9.90 Å². The van der Waals surface area contributed by atoms with Crippen LogP contribution in [0, 0.1) is 0 Å². The van der Waals surface area contributed by atoms with E-state index in [0.29, 0.717) is 10.8 Å². The van der Waals surface area contributed by atoms with Crippen LogP contribution in [-0.4, -0.2) is 18.7 Å². The highest BCUT2D eigenvalue weighted by atomic mass is 35.5. The van der Waals surface area contributed by atoms with Gasteiger partial charge in [-0.25, -0.2) is 13.8 Å². The molecule has 0 aliphatic heterocycles. The van der Waals surface area contributed by atoms with Gasteiger partial charge in [0, 0.05) is 30.4 Å². The molecule has 0 unspecified atom stereocenters. The third-order valence-electron chi connectivity index (χ3n) is 3.92. The number of aromatic nitrogens is 1. The van der Waals surface area contributed by atoms with Crippen molar-refractivity contribution in [3.63, 3.8) is 0 Å². The SMILES string of the molecule is CCCCOC.Nc1cc(C2=CCCc3cc(C(F)F)sc32)c(Cl)cn1. The van der Waals surface area contributed by atoms with Crippen LogP contribution < -0.4 is 5.73 Å². The third-order valence-corrected chi connectivity index (χ3v) is 5.44. The average Bonchev–Trinajstić information content (AvgIpc) is 3.07. The van der Waals surface area contributed by atoms with Gasteiger partial charge in [0.25, 0.3) is 6.43 Å². The Hall–Kier alpha value is -1.50. The molecule has 0 amide bonds. The van der Waals surface area contributed by atoms with Crippen molar-refractivity contribution in [3.05, 3.63) is 50.3 Å². The van der Waals surface area contributed by atoms with Gasteiger partial charge in [0.2, 0.25) is 0 Å². The van der Waals surface area contributed by atoms with Crippen molar-refractivity contribution >= 4 is 34.3 Å².